The summed E-state index contributed by atoms with van der Waals surface area (Å²) in [6.07, 6.45) is 6.33. The molecule has 0 spiro atoms. The molecule has 116 valence electrons. The first-order valence-electron chi connectivity index (χ1n) is 7.83. The minimum Gasteiger partial charge on any atom is -0.376 e. The lowest BCUT2D eigenvalue weighted by molar-refractivity contribution is 0.0530. The third kappa shape index (κ3) is 2.81. The van der Waals surface area contributed by atoms with E-state index in [1.54, 1.807) is 0 Å². The number of hydrogen-bond donors (Lipinski definition) is 0. The fourth-order valence-electron chi connectivity index (χ4n) is 3.23. The first-order valence-corrected chi connectivity index (χ1v) is 8.36. The number of ether oxygens (including phenoxy) is 1. The van der Waals surface area contributed by atoms with Crippen LogP contribution in [0.2, 0.25) is 0 Å². The average Bonchev–Trinajstić information content (AvgIpc) is 3.17. The largest absolute Gasteiger partial charge is 0.376 e. The second kappa shape index (κ2) is 6.36. The summed E-state index contributed by atoms with van der Waals surface area (Å²) >= 11 is 6.06. The van der Waals surface area contributed by atoms with Crippen molar-refractivity contribution < 1.29 is 4.74 Å². The zero-order chi connectivity index (χ0) is 14.8. The summed E-state index contributed by atoms with van der Waals surface area (Å²) in [6, 6.07) is 0. The molecule has 1 fully saturated rings. The van der Waals surface area contributed by atoms with Crippen molar-refractivity contribution in [2.45, 2.75) is 57.6 Å². The molecule has 0 aliphatic heterocycles. The van der Waals surface area contributed by atoms with E-state index in [0.29, 0.717) is 18.6 Å². The van der Waals surface area contributed by atoms with Crippen molar-refractivity contribution in [1.29, 1.82) is 0 Å². The molecule has 0 bridgehead atoms. The lowest BCUT2D eigenvalue weighted by atomic mass is 10.3. The zero-order valence-electron chi connectivity index (χ0n) is 12.8. The standard InChI is InChI=1S/C15H23ClN4O/c1-3-12-14-15(19(2)18-12)20(13(10-16)17-14)8-9-21-11-6-4-5-7-11/h11H,3-10H2,1-2H3. The number of alkyl halides is 1. The van der Waals surface area contributed by atoms with Crippen LogP contribution in [0, 0.1) is 0 Å². The van der Waals surface area contributed by atoms with E-state index in [-0.39, 0.29) is 0 Å². The van der Waals surface area contributed by atoms with Crippen LogP contribution in [0.25, 0.3) is 11.2 Å². The summed E-state index contributed by atoms with van der Waals surface area (Å²) in [4.78, 5) is 4.67. The molecule has 0 atom stereocenters. The summed E-state index contributed by atoms with van der Waals surface area (Å²) in [5, 5.41) is 4.54. The number of fused-ring (bicyclic) bond motifs is 1. The van der Waals surface area contributed by atoms with Crippen molar-refractivity contribution >= 4 is 22.8 Å². The smallest absolute Gasteiger partial charge is 0.158 e. The molecule has 0 radical (unpaired) electrons. The number of rotatable bonds is 6. The van der Waals surface area contributed by atoms with Crippen LogP contribution >= 0.6 is 11.6 Å². The van der Waals surface area contributed by atoms with E-state index in [2.05, 4.69) is 21.6 Å². The fraction of sp³-hybridized carbons (Fsp3) is 0.733. The molecule has 2 heterocycles. The van der Waals surface area contributed by atoms with Crippen molar-refractivity contribution in [3.05, 3.63) is 11.5 Å². The number of imidazole rings is 1. The van der Waals surface area contributed by atoms with E-state index < -0.39 is 0 Å². The van der Waals surface area contributed by atoms with Crippen LogP contribution in [0.4, 0.5) is 0 Å². The van der Waals surface area contributed by atoms with Crippen LogP contribution < -0.4 is 0 Å². The van der Waals surface area contributed by atoms with Gasteiger partial charge in [0.2, 0.25) is 0 Å². The number of nitrogens with zero attached hydrogens (tertiary/aromatic N) is 4. The lowest BCUT2D eigenvalue weighted by Crippen LogP contribution is -2.15. The van der Waals surface area contributed by atoms with Gasteiger partial charge in [0.25, 0.3) is 0 Å². The normalized spacial score (nSPS) is 16.3. The molecule has 0 N–H and O–H groups in total. The molecule has 0 saturated heterocycles. The van der Waals surface area contributed by atoms with Crippen molar-refractivity contribution in [2.75, 3.05) is 6.61 Å². The Morgan fingerprint density at radius 1 is 1.33 bits per heavy atom. The van der Waals surface area contributed by atoms with Crippen LogP contribution in [0.15, 0.2) is 0 Å². The average molecular weight is 311 g/mol. The van der Waals surface area contributed by atoms with Crippen molar-refractivity contribution in [1.82, 2.24) is 19.3 Å². The highest BCUT2D eigenvalue weighted by molar-refractivity contribution is 6.16. The first kappa shape index (κ1) is 14.9. The maximum absolute atomic E-state index is 6.06. The Balaban J connectivity index is 1.80. The highest BCUT2D eigenvalue weighted by atomic mass is 35.5. The molecule has 5 nitrogen and oxygen atoms in total. The highest BCUT2D eigenvalue weighted by Crippen LogP contribution is 2.23. The summed E-state index contributed by atoms with van der Waals surface area (Å²) in [7, 11) is 1.97. The van der Waals surface area contributed by atoms with E-state index in [0.717, 1.165) is 35.6 Å². The quantitative estimate of drug-likeness (QED) is 0.770. The Morgan fingerprint density at radius 3 is 2.76 bits per heavy atom. The third-order valence-corrected chi connectivity index (χ3v) is 4.53. The van der Waals surface area contributed by atoms with Crippen LogP contribution in [0.1, 0.15) is 44.1 Å². The summed E-state index contributed by atoms with van der Waals surface area (Å²) in [6.45, 7) is 3.61. The van der Waals surface area contributed by atoms with E-state index >= 15 is 0 Å². The maximum atomic E-state index is 6.06. The van der Waals surface area contributed by atoms with Gasteiger partial charge >= 0.3 is 0 Å². The van der Waals surface area contributed by atoms with Gasteiger partial charge < -0.3 is 9.30 Å². The van der Waals surface area contributed by atoms with E-state index in [1.165, 1.54) is 25.7 Å². The number of halogens is 1. The van der Waals surface area contributed by atoms with Crippen LogP contribution in [-0.4, -0.2) is 32.0 Å². The Hall–Kier alpha value is -1.07. The van der Waals surface area contributed by atoms with Crippen molar-refractivity contribution in [2.24, 2.45) is 7.05 Å². The summed E-state index contributed by atoms with van der Waals surface area (Å²) in [5.41, 5.74) is 3.07. The molecule has 6 heteroatoms. The summed E-state index contributed by atoms with van der Waals surface area (Å²) < 4.78 is 10.0. The molecule has 1 aliphatic carbocycles. The Bertz CT molecular complexity index is 613. The SMILES string of the molecule is CCc1nn(C)c2c1nc(CCl)n2CCOC1CCCC1. The molecular formula is C15H23ClN4O. The van der Waals surface area contributed by atoms with Gasteiger partial charge in [-0.3, -0.25) is 4.68 Å². The van der Waals surface area contributed by atoms with E-state index in [4.69, 9.17) is 16.3 Å². The summed E-state index contributed by atoms with van der Waals surface area (Å²) in [5.74, 6) is 1.32. The Labute approximate surface area is 130 Å². The monoisotopic (exact) mass is 310 g/mol. The van der Waals surface area contributed by atoms with Crippen LogP contribution in [-0.2, 0) is 30.6 Å². The fourth-order valence-corrected chi connectivity index (χ4v) is 3.43. The third-order valence-electron chi connectivity index (χ3n) is 4.30. The van der Waals surface area contributed by atoms with Gasteiger partial charge in [0.1, 0.15) is 11.3 Å². The molecule has 2 aromatic heterocycles. The van der Waals surface area contributed by atoms with E-state index in [1.807, 2.05) is 11.7 Å². The highest BCUT2D eigenvalue weighted by Gasteiger charge is 2.19. The predicted molar refractivity (Wildman–Crippen MR) is 83.6 cm³/mol. The molecular weight excluding hydrogens is 288 g/mol. The Kier molecular flexibility index (Phi) is 4.50. The minimum atomic E-state index is 0.418. The van der Waals surface area contributed by atoms with Gasteiger partial charge in [-0.15, -0.1) is 11.6 Å². The van der Waals surface area contributed by atoms with Crippen LogP contribution in [0.3, 0.4) is 0 Å². The van der Waals surface area contributed by atoms with Gasteiger partial charge in [-0.2, -0.15) is 5.10 Å². The molecule has 2 aromatic rings. The Morgan fingerprint density at radius 2 is 2.10 bits per heavy atom. The van der Waals surface area contributed by atoms with Crippen LogP contribution in [0.5, 0.6) is 0 Å². The molecule has 3 rings (SSSR count). The van der Waals surface area contributed by atoms with Crippen molar-refractivity contribution in [3.63, 3.8) is 0 Å². The second-order valence-corrected chi connectivity index (χ2v) is 5.95. The topological polar surface area (TPSA) is 44.9 Å². The first-order chi connectivity index (χ1) is 10.2. The van der Waals surface area contributed by atoms with E-state index in [9.17, 15) is 0 Å². The molecule has 21 heavy (non-hydrogen) atoms. The molecule has 0 aromatic carbocycles. The van der Waals surface area contributed by atoms with Gasteiger partial charge in [0, 0.05) is 13.6 Å². The minimum absolute atomic E-state index is 0.418. The predicted octanol–water partition coefficient (Wildman–Crippen LogP) is 3.03. The second-order valence-electron chi connectivity index (χ2n) is 5.69. The molecule has 0 unspecified atom stereocenters. The van der Waals surface area contributed by atoms with Gasteiger partial charge in [0.15, 0.2) is 5.65 Å². The molecule has 1 aliphatic rings. The zero-order valence-corrected chi connectivity index (χ0v) is 13.6. The maximum Gasteiger partial charge on any atom is 0.158 e. The number of hydrogen-bond acceptors (Lipinski definition) is 3. The number of aryl methyl sites for hydroxylation is 2. The number of aromatic nitrogens is 4. The van der Waals surface area contributed by atoms with Gasteiger partial charge in [-0.05, 0) is 19.3 Å². The van der Waals surface area contributed by atoms with Gasteiger partial charge in [-0.1, -0.05) is 19.8 Å². The van der Waals surface area contributed by atoms with Crippen molar-refractivity contribution in [3.8, 4) is 0 Å². The molecule has 1 saturated carbocycles. The van der Waals surface area contributed by atoms with Gasteiger partial charge in [-0.25, -0.2) is 4.98 Å². The lowest BCUT2D eigenvalue weighted by Gasteiger charge is -2.13. The van der Waals surface area contributed by atoms with Gasteiger partial charge in [0.05, 0.1) is 24.3 Å². The molecule has 0 amide bonds.